The standard InChI is InChI=1S/C11H19NO6P2.H2O/c1-12(2,3)10-6-4-5-9(7-10)8-11(19(13,14)15)20(16,17)18;/h4-7,11H,8H2,1-3H3,(H3-,13,14,15,16,17,18);1H2. The Balaban J connectivity index is 0.00000400. The lowest BCUT2D eigenvalue weighted by Crippen LogP contribution is -2.34. The van der Waals surface area contributed by atoms with Crippen molar-refractivity contribution in [1.82, 2.24) is 4.48 Å². The van der Waals surface area contributed by atoms with Crippen LogP contribution in [0.25, 0.3) is 0 Å². The van der Waals surface area contributed by atoms with Gasteiger partial charge in [-0.25, -0.2) is 0 Å². The fourth-order valence-corrected chi connectivity index (χ4v) is 4.21. The summed E-state index contributed by atoms with van der Waals surface area (Å²) < 4.78 is 23.0. The molecule has 0 radical (unpaired) electrons. The molecule has 1 aromatic carbocycles. The molecule has 0 bridgehead atoms. The number of quaternary nitrogens is 1. The van der Waals surface area contributed by atoms with Crippen LogP contribution in [0.1, 0.15) is 5.56 Å². The van der Waals surface area contributed by atoms with Crippen LogP contribution < -0.4 is 4.48 Å². The van der Waals surface area contributed by atoms with E-state index < -0.39 is 20.6 Å². The van der Waals surface area contributed by atoms with Gasteiger partial charge >= 0.3 is 15.2 Å². The Labute approximate surface area is 123 Å². The molecule has 0 amide bonds. The molecule has 0 saturated carbocycles. The van der Waals surface area contributed by atoms with Crippen LogP contribution in [0.5, 0.6) is 0 Å². The van der Waals surface area contributed by atoms with Gasteiger partial charge in [0.25, 0.3) is 0 Å². The SMILES string of the molecule is C[N+](C)(C)c1cccc(CC(P(=O)(O)O)P(=O)(O)O)c1.[OH-]. The van der Waals surface area contributed by atoms with Crippen molar-refractivity contribution in [1.29, 1.82) is 0 Å². The zero-order valence-electron chi connectivity index (χ0n) is 12.0. The highest BCUT2D eigenvalue weighted by Gasteiger charge is 2.43. The third-order valence-electron chi connectivity index (χ3n) is 2.88. The second kappa shape index (κ2) is 6.69. The van der Waals surface area contributed by atoms with Crippen LogP contribution in [-0.4, -0.2) is 51.6 Å². The average molecular weight is 341 g/mol. The molecule has 0 heterocycles. The molecule has 1 rings (SSSR count). The van der Waals surface area contributed by atoms with Crippen molar-refractivity contribution in [2.24, 2.45) is 0 Å². The van der Waals surface area contributed by atoms with E-state index in [0.29, 0.717) is 10.0 Å². The number of benzene rings is 1. The lowest BCUT2D eigenvalue weighted by atomic mass is 10.1. The lowest BCUT2D eigenvalue weighted by Gasteiger charge is -2.24. The molecular weight excluding hydrogens is 320 g/mol. The summed E-state index contributed by atoms with van der Waals surface area (Å²) in [5, 5.41) is -2.00. The van der Waals surface area contributed by atoms with Crippen LogP contribution in [0.15, 0.2) is 24.3 Å². The number of nitrogens with zero attached hydrogens (tertiary/aromatic N) is 1. The maximum Gasteiger partial charge on any atom is 0.341 e. The van der Waals surface area contributed by atoms with Crippen LogP contribution in [0.3, 0.4) is 0 Å². The van der Waals surface area contributed by atoms with Gasteiger partial charge in [-0.15, -0.1) is 0 Å². The minimum atomic E-state index is -4.89. The first-order chi connectivity index (χ1) is 8.82. The predicted molar refractivity (Wildman–Crippen MR) is 79.5 cm³/mol. The van der Waals surface area contributed by atoms with Gasteiger partial charge in [0.05, 0.1) is 21.1 Å². The second-order valence-electron chi connectivity index (χ2n) is 5.55. The summed E-state index contributed by atoms with van der Waals surface area (Å²) in [7, 11) is -4.02. The first kappa shape index (κ1) is 20.4. The van der Waals surface area contributed by atoms with Gasteiger partial charge in [0.15, 0.2) is 5.40 Å². The van der Waals surface area contributed by atoms with Crippen molar-refractivity contribution < 1.29 is 34.2 Å². The zero-order chi connectivity index (χ0) is 15.8. The highest BCUT2D eigenvalue weighted by Crippen LogP contribution is 2.60. The monoisotopic (exact) mass is 341 g/mol. The normalized spacial score (nSPS) is 13.1. The van der Waals surface area contributed by atoms with Crippen LogP contribution >= 0.6 is 15.2 Å². The van der Waals surface area contributed by atoms with Crippen LogP contribution in [0.2, 0.25) is 0 Å². The average Bonchev–Trinajstić information content (AvgIpc) is 2.22. The molecule has 5 N–H and O–H groups in total. The van der Waals surface area contributed by atoms with Crippen molar-refractivity contribution in [3.63, 3.8) is 0 Å². The molecule has 0 saturated heterocycles. The molecule has 0 aliphatic heterocycles. The van der Waals surface area contributed by atoms with Gasteiger partial charge in [-0.05, 0) is 18.1 Å². The van der Waals surface area contributed by atoms with E-state index in [-0.39, 0.29) is 11.9 Å². The van der Waals surface area contributed by atoms with Gasteiger partial charge in [0.2, 0.25) is 0 Å². The molecule has 0 fully saturated rings. The number of hydrogen-bond donors (Lipinski definition) is 4. The Hall–Kier alpha value is -0.560. The fraction of sp³-hybridized carbons (Fsp3) is 0.455. The van der Waals surface area contributed by atoms with Gasteiger partial charge in [0.1, 0.15) is 5.69 Å². The van der Waals surface area contributed by atoms with Crippen molar-refractivity contribution in [2.75, 3.05) is 21.1 Å². The van der Waals surface area contributed by atoms with E-state index in [4.69, 9.17) is 19.6 Å². The van der Waals surface area contributed by atoms with Crippen molar-refractivity contribution in [3.05, 3.63) is 29.8 Å². The smallest absolute Gasteiger partial charge is 0.341 e. The van der Waals surface area contributed by atoms with Crippen LogP contribution in [0, 0.1) is 0 Å². The molecule has 0 aliphatic carbocycles. The largest absolute Gasteiger partial charge is 0.870 e. The molecule has 8 nitrogen and oxygen atoms in total. The molecule has 1 aromatic rings. The molecular formula is C11H21NO7P2. The van der Waals surface area contributed by atoms with E-state index in [2.05, 4.69) is 0 Å². The van der Waals surface area contributed by atoms with Crippen LogP contribution in [-0.2, 0) is 15.6 Å². The summed E-state index contributed by atoms with van der Waals surface area (Å²) in [6.07, 6.45) is -0.373. The highest BCUT2D eigenvalue weighted by atomic mass is 31.2. The first-order valence-corrected chi connectivity index (χ1v) is 9.19. The molecule has 0 aromatic heterocycles. The van der Waals surface area contributed by atoms with E-state index >= 15 is 0 Å². The summed E-state index contributed by atoms with van der Waals surface area (Å²) >= 11 is 0. The Morgan fingerprint density at radius 1 is 1.05 bits per heavy atom. The minimum Gasteiger partial charge on any atom is -0.870 e. The molecule has 10 heteroatoms. The van der Waals surface area contributed by atoms with Crippen molar-refractivity contribution in [2.45, 2.75) is 11.8 Å². The maximum atomic E-state index is 11.3. The van der Waals surface area contributed by atoms with Gasteiger partial charge in [-0.3, -0.25) is 13.6 Å². The molecule has 0 spiro atoms. The van der Waals surface area contributed by atoms with Gasteiger partial charge < -0.3 is 25.0 Å². The zero-order valence-corrected chi connectivity index (χ0v) is 13.8. The highest BCUT2D eigenvalue weighted by molar-refractivity contribution is 7.70. The van der Waals surface area contributed by atoms with Crippen molar-refractivity contribution in [3.8, 4) is 0 Å². The lowest BCUT2D eigenvalue weighted by molar-refractivity contribution is 0.338. The number of hydrogen-bond acceptors (Lipinski definition) is 3. The van der Waals surface area contributed by atoms with E-state index in [0.717, 1.165) is 5.69 Å². The van der Waals surface area contributed by atoms with E-state index in [1.807, 2.05) is 27.2 Å². The Bertz CT molecular complexity index is 550. The van der Waals surface area contributed by atoms with Gasteiger partial charge in [-0.2, -0.15) is 0 Å². The third-order valence-corrected chi connectivity index (χ3v) is 6.60. The fourth-order valence-electron chi connectivity index (χ4n) is 1.75. The van der Waals surface area contributed by atoms with Gasteiger partial charge in [0, 0.05) is 6.07 Å². The Morgan fingerprint density at radius 2 is 1.52 bits per heavy atom. The maximum absolute atomic E-state index is 11.3. The third kappa shape index (κ3) is 5.98. The van der Waals surface area contributed by atoms with E-state index in [9.17, 15) is 9.13 Å². The summed E-state index contributed by atoms with van der Waals surface area (Å²) in [6, 6.07) is 6.83. The minimum absolute atomic E-state index is 0. The molecule has 21 heavy (non-hydrogen) atoms. The Kier molecular flexibility index (Phi) is 6.51. The van der Waals surface area contributed by atoms with E-state index in [1.165, 1.54) is 0 Å². The second-order valence-corrected chi connectivity index (χ2v) is 9.56. The first-order valence-electron chi connectivity index (χ1n) is 5.83. The molecule has 0 atom stereocenters. The van der Waals surface area contributed by atoms with Gasteiger partial charge in [-0.1, -0.05) is 12.1 Å². The predicted octanol–water partition coefficient (Wildman–Crippen LogP) is 0.930. The molecule has 122 valence electrons. The van der Waals surface area contributed by atoms with Crippen molar-refractivity contribution >= 4 is 20.9 Å². The quantitative estimate of drug-likeness (QED) is 0.460. The summed E-state index contributed by atoms with van der Waals surface area (Å²) in [6.45, 7) is 0. The molecule has 0 unspecified atom stereocenters. The number of rotatable bonds is 5. The summed E-state index contributed by atoms with van der Waals surface area (Å²) in [5.41, 5.74) is 1.35. The molecule has 0 aliphatic rings. The summed E-state index contributed by atoms with van der Waals surface area (Å²) in [5.74, 6) is 0. The van der Waals surface area contributed by atoms with E-state index in [1.54, 1.807) is 18.2 Å². The Morgan fingerprint density at radius 3 is 1.90 bits per heavy atom. The topological polar surface area (TPSA) is 145 Å². The van der Waals surface area contributed by atoms with Crippen LogP contribution in [0.4, 0.5) is 5.69 Å². The summed E-state index contributed by atoms with van der Waals surface area (Å²) in [4.78, 5) is 36.5.